The van der Waals surface area contributed by atoms with Crippen molar-refractivity contribution in [1.82, 2.24) is 4.98 Å². The lowest BCUT2D eigenvalue weighted by molar-refractivity contribution is 0.234. The molecule has 0 spiro atoms. The Morgan fingerprint density at radius 3 is 3.00 bits per heavy atom. The highest BCUT2D eigenvalue weighted by molar-refractivity contribution is 5.29. The van der Waals surface area contributed by atoms with Crippen molar-refractivity contribution in [3.63, 3.8) is 0 Å². The standard InChI is InChI=1S/C12H19NO2/c1-3-4-10(2)9-15-12-5-6-13-7-11(12)8-14/h5-7,10,14H,3-4,8-9H2,1-2H3. The molecule has 1 aromatic heterocycles. The van der Waals surface area contributed by atoms with E-state index in [0.29, 0.717) is 12.5 Å². The molecule has 1 aromatic rings. The summed E-state index contributed by atoms with van der Waals surface area (Å²) < 4.78 is 5.64. The topological polar surface area (TPSA) is 42.4 Å². The number of aromatic nitrogens is 1. The molecule has 0 saturated carbocycles. The Bertz CT molecular complexity index is 289. The number of hydrogen-bond donors (Lipinski definition) is 1. The van der Waals surface area contributed by atoms with Gasteiger partial charge in [0.1, 0.15) is 5.75 Å². The van der Waals surface area contributed by atoms with Crippen molar-refractivity contribution in [1.29, 1.82) is 0 Å². The van der Waals surface area contributed by atoms with Crippen molar-refractivity contribution >= 4 is 0 Å². The van der Waals surface area contributed by atoms with Gasteiger partial charge in [0, 0.05) is 18.0 Å². The predicted octanol–water partition coefficient (Wildman–Crippen LogP) is 2.39. The second-order valence-corrected chi connectivity index (χ2v) is 3.85. The maximum absolute atomic E-state index is 9.07. The van der Waals surface area contributed by atoms with Crippen molar-refractivity contribution < 1.29 is 9.84 Å². The van der Waals surface area contributed by atoms with Gasteiger partial charge in [0.05, 0.1) is 13.2 Å². The lowest BCUT2D eigenvalue weighted by Gasteiger charge is -2.13. The number of ether oxygens (including phenoxy) is 1. The summed E-state index contributed by atoms with van der Waals surface area (Å²) in [5.41, 5.74) is 0.751. The molecule has 0 aliphatic rings. The minimum atomic E-state index is -0.0225. The molecule has 1 heterocycles. The number of hydrogen-bond acceptors (Lipinski definition) is 3. The van der Waals surface area contributed by atoms with Gasteiger partial charge in [0.15, 0.2) is 0 Å². The van der Waals surface area contributed by atoms with Gasteiger partial charge in [-0.05, 0) is 18.4 Å². The van der Waals surface area contributed by atoms with Crippen LogP contribution in [0.15, 0.2) is 18.5 Å². The summed E-state index contributed by atoms with van der Waals surface area (Å²) in [6.07, 6.45) is 5.66. The predicted molar refractivity (Wildman–Crippen MR) is 59.7 cm³/mol. The molecule has 0 radical (unpaired) electrons. The van der Waals surface area contributed by atoms with E-state index in [4.69, 9.17) is 9.84 Å². The number of nitrogens with zero attached hydrogens (tertiary/aromatic N) is 1. The van der Waals surface area contributed by atoms with E-state index >= 15 is 0 Å². The molecule has 15 heavy (non-hydrogen) atoms. The van der Waals surface area contributed by atoms with E-state index in [1.807, 2.05) is 0 Å². The Balaban J connectivity index is 2.49. The second kappa shape index (κ2) is 6.40. The third kappa shape index (κ3) is 3.88. The minimum absolute atomic E-state index is 0.0225. The molecule has 0 aliphatic heterocycles. The summed E-state index contributed by atoms with van der Waals surface area (Å²) >= 11 is 0. The number of aliphatic hydroxyl groups excluding tert-OH is 1. The van der Waals surface area contributed by atoms with Gasteiger partial charge < -0.3 is 9.84 Å². The maximum Gasteiger partial charge on any atom is 0.127 e. The first-order valence-corrected chi connectivity index (χ1v) is 5.44. The Hall–Kier alpha value is -1.09. The van der Waals surface area contributed by atoms with Crippen LogP contribution in [-0.4, -0.2) is 16.7 Å². The van der Waals surface area contributed by atoms with Crippen molar-refractivity contribution in [2.24, 2.45) is 5.92 Å². The summed E-state index contributed by atoms with van der Waals surface area (Å²) in [7, 11) is 0. The molecule has 0 fully saturated rings. The monoisotopic (exact) mass is 209 g/mol. The van der Waals surface area contributed by atoms with Gasteiger partial charge in [0.2, 0.25) is 0 Å². The zero-order valence-corrected chi connectivity index (χ0v) is 9.44. The zero-order valence-electron chi connectivity index (χ0n) is 9.44. The van der Waals surface area contributed by atoms with Crippen LogP contribution in [0.2, 0.25) is 0 Å². The van der Waals surface area contributed by atoms with Crippen LogP contribution in [0.5, 0.6) is 5.75 Å². The smallest absolute Gasteiger partial charge is 0.127 e. The molecule has 0 saturated heterocycles. The van der Waals surface area contributed by atoms with Crippen LogP contribution in [0.4, 0.5) is 0 Å². The fourth-order valence-corrected chi connectivity index (χ4v) is 1.48. The molecule has 0 aromatic carbocycles. The van der Waals surface area contributed by atoms with Gasteiger partial charge in [-0.1, -0.05) is 20.3 Å². The normalized spacial score (nSPS) is 12.5. The molecule has 1 unspecified atom stereocenters. The SMILES string of the molecule is CCCC(C)COc1ccncc1CO. The van der Waals surface area contributed by atoms with Gasteiger partial charge in [0.25, 0.3) is 0 Å². The molecule has 3 heteroatoms. The summed E-state index contributed by atoms with van der Waals surface area (Å²) in [6, 6.07) is 1.80. The molecule has 3 nitrogen and oxygen atoms in total. The molecular formula is C12H19NO2. The molecule has 1 N–H and O–H groups in total. The third-order valence-corrected chi connectivity index (χ3v) is 2.33. The summed E-state index contributed by atoms with van der Waals surface area (Å²) in [5, 5.41) is 9.07. The highest BCUT2D eigenvalue weighted by Gasteiger charge is 2.05. The average molecular weight is 209 g/mol. The van der Waals surface area contributed by atoms with Crippen LogP contribution in [0.3, 0.4) is 0 Å². The van der Waals surface area contributed by atoms with E-state index in [1.165, 1.54) is 12.8 Å². The van der Waals surface area contributed by atoms with E-state index in [1.54, 1.807) is 18.5 Å². The summed E-state index contributed by atoms with van der Waals surface area (Å²) in [4.78, 5) is 3.94. The third-order valence-electron chi connectivity index (χ3n) is 2.33. The van der Waals surface area contributed by atoms with Crippen LogP contribution >= 0.6 is 0 Å². The molecule has 84 valence electrons. The van der Waals surface area contributed by atoms with E-state index < -0.39 is 0 Å². The highest BCUT2D eigenvalue weighted by atomic mass is 16.5. The van der Waals surface area contributed by atoms with Crippen molar-refractivity contribution in [3.8, 4) is 5.75 Å². The van der Waals surface area contributed by atoms with Crippen molar-refractivity contribution in [2.45, 2.75) is 33.3 Å². The fourth-order valence-electron chi connectivity index (χ4n) is 1.48. The molecule has 0 aliphatic carbocycles. The van der Waals surface area contributed by atoms with Crippen molar-refractivity contribution in [3.05, 3.63) is 24.0 Å². The van der Waals surface area contributed by atoms with E-state index in [9.17, 15) is 0 Å². The zero-order chi connectivity index (χ0) is 11.1. The summed E-state index contributed by atoms with van der Waals surface area (Å²) in [5.74, 6) is 1.30. The van der Waals surface area contributed by atoms with Crippen LogP contribution in [0.1, 0.15) is 32.3 Å². The molecule has 1 rings (SSSR count). The minimum Gasteiger partial charge on any atom is -0.493 e. The molecule has 0 amide bonds. The van der Waals surface area contributed by atoms with Gasteiger partial charge >= 0.3 is 0 Å². The highest BCUT2D eigenvalue weighted by Crippen LogP contribution is 2.18. The second-order valence-electron chi connectivity index (χ2n) is 3.85. The van der Waals surface area contributed by atoms with Gasteiger partial charge in [-0.15, -0.1) is 0 Å². The number of aliphatic hydroxyl groups is 1. The fraction of sp³-hybridized carbons (Fsp3) is 0.583. The summed E-state index contributed by atoms with van der Waals surface area (Å²) in [6.45, 7) is 5.02. The average Bonchev–Trinajstić information content (AvgIpc) is 2.27. The van der Waals surface area contributed by atoms with E-state index in [2.05, 4.69) is 18.8 Å². The van der Waals surface area contributed by atoms with Crippen LogP contribution in [0.25, 0.3) is 0 Å². The van der Waals surface area contributed by atoms with Gasteiger partial charge in [-0.3, -0.25) is 4.98 Å². The Morgan fingerprint density at radius 2 is 2.33 bits per heavy atom. The molecule has 0 bridgehead atoms. The van der Waals surface area contributed by atoms with E-state index in [-0.39, 0.29) is 6.61 Å². The Kier molecular flexibility index (Phi) is 5.12. The van der Waals surface area contributed by atoms with Crippen molar-refractivity contribution in [2.75, 3.05) is 6.61 Å². The number of pyridine rings is 1. The molecule has 1 atom stereocenters. The van der Waals surface area contributed by atoms with E-state index in [0.717, 1.165) is 11.3 Å². The lowest BCUT2D eigenvalue weighted by Crippen LogP contribution is -2.09. The quantitative estimate of drug-likeness (QED) is 0.782. The molecular weight excluding hydrogens is 190 g/mol. The Morgan fingerprint density at radius 1 is 1.53 bits per heavy atom. The van der Waals surface area contributed by atoms with Crippen LogP contribution in [-0.2, 0) is 6.61 Å². The first-order valence-electron chi connectivity index (χ1n) is 5.44. The largest absolute Gasteiger partial charge is 0.493 e. The first-order chi connectivity index (χ1) is 7.27. The first kappa shape index (κ1) is 12.0. The lowest BCUT2D eigenvalue weighted by atomic mass is 10.1. The van der Waals surface area contributed by atoms with Crippen LogP contribution in [0, 0.1) is 5.92 Å². The Labute approximate surface area is 91.1 Å². The van der Waals surface area contributed by atoms with Crippen LogP contribution < -0.4 is 4.74 Å². The number of rotatable bonds is 6. The van der Waals surface area contributed by atoms with Gasteiger partial charge in [-0.25, -0.2) is 0 Å². The maximum atomic E-state index is 9.07. The van der Waals surface area contributed by atoms with Gasteiger partial charge in [-0.2, -0.15) is 0 Å².